The Hall–Kier alpha value is -2.17. The zero-order valence-corrected chi connectivity index (χ0v) is 18.8. The quantitative estimate of drug-likeness (QED) is 0.311. The molecule has 30 heavy (non-hydrogen) atoms. The van der Waals surface area contributed by atoms with Crippen LogP contribution in [0.2, 0.25) is 0 Å². The fourth-order valence-electron chi connectivity index (χ4n) is 4.04. The molecule has 1 atom stereocenters. The Kier molecular flexibility index (Phi) is 10.6. The van der Waals surface area contributed by atoms with Crippen LogP contribution in [-0.2, 0) is 4.79 Å². The number of carbonyl (C=O) groups is 3. The van der Waals surface area contributed by atoms with Gasteiger partial charge in [0.1, 0.15) is 0 Å². The van der Waals surface area contributed by atoms with Gasteiger partial charge >= 0.3 is 0 Å². The Morgan fingerprint density at radius 1 is 0.867 bits per heavy atom. The second-order valence-electron chi connectivity index (χ2n) is 8.32. The lowest BCUT2D eigenvalue weighted by molar-refractivity contribution is -0.125. The lowest BCUT2D eigenvalue weighted by atomic mass is 10.0. The van der Waals surface area contributed by atoms with Gasteiger partial charge in [-0.1, -0.05) is 77.3 Å². The maximum atomic E-state index is 12.5. The van der Waals surface area contributed by atoms with Crippen LogP contribution in [0.3, 0.4) is 0 Å². The topological polar surface area (TPSA) is 66.5 Å². The fourth-order valence-corrected chi connectivity index (χ4v) is 4.04. The Balaban J connectivity index is 1.62. The lowest BCUT2D eigenvalue weighted by Crippen LogP contribution is -2.36. The van der Waals surface area contributed by atoms with Crippen molar-refractivity contribution in [3.8, 4) is 0 Å². The summed E-state index contributed by atoms with van der Waals surface area (Å²) in [4.78, 5) is 38.7. The lowest BCUT2D eigenvalue weighted by Gasteiger charge is -2.19. The number of nitrogens with zero attached hydrogens (tertiary/aromatic N) is 1. The van der Waals surface area contributed by atoms with E-state index in [2.05, 4.69) is 12.2 Å². The molecule has 3 amide bonds. The molecule has 1 aliphatic rings. The summed E-state index contributed by atoms with van der Waals surface area (Å²) in [6.07, 6.45) is 12.5. The minimum Gasteiger partial charge on any atom is -0.356 e. The molecule has 1 aromatic rings. The van der Waals surface area contributed by atoms with Gasteiger partial charge in [-0.2, -0.15) is 0 Å². The molecule has 0 aromatic heterocycles. The minimum absolute atomic E-state index is 0.0358. The van der Waals surface area contributed by atoms with E-state index in [-0.39, 0.29) is 30.2 Å². The molecule has 0 fully saturated rings. The van der Waals surface area contributed by atoms with Crippen molar-refractivity contribution in [3.63, 3.8) is 0 Å². The van der Waals surface area contributed by atoms with E-state index in [4.69, 9.17) is 0 Å². The molecule has 1 heterocycles. The van der Waals surface area contributed by atoms with Gasteiger partial charge in [-0.3, -0.25) is 19.3 Å². The molecule has 1 aliphatic heterocycles. The third kappa shape index (κ3) is 6.96. The summed E-state index contributed by atoms with van der Waals surface area (Å²) in [6, 6.07) is 6.90. The number of hydrogen-bond acceptors (Lipinski definition) is 3. The number of carbonyl (C=O) groups excluding carboxylic acids is 3. The average molecular weight is 415 g/mol. The van der Waals surface area contributed by atoms with Crippen LogP contribution < -0.4 is 5.32 Å². The van der Waals surface area contributed by atoms with Crippen molar-refractivity contribution in [1.82, 2.24) is 10.2 Å². The molecule has 1 N–H and O–H groups in total. The van der Waals surface area contributed by atoms with E-state index in [9.17, 15) is 14.4 Å². The highest BCUT2D eigenvalue weighted by atomic mass is 16.2. The highest BCUT2D eigenvalue weighted by Gasteiger charge is 2.35. The van der Waals surface area contributed by atoms with Crippen LogP contribution in [0, 0.1) is 5.92 Å². The van der Waals surface area contributed by atoms with Crippen LogP contribution in [0.5, 0.6) is 0 Å². The molecular formula is C25H38N2O3. The van der Waals surface area contributed by atoms with Gasteiger partial charge < -0.3 is 5.32 Å². The van der Waals surface area contributed by atoms with Gasteiger partial charge in [0.25, 0.3) is 11.8 Å². The molecule has 166 valence electrons. The van der Waals surface area contributed by atoms with E-state index in [1.165, 1.54) is 49.8 Å². The summed E-state index contributed by atoms with van der Waals surface area (Å²) >= 11 is 0. The molecule has 0 aliphatic carbocycles. The summed E-state index contributed by atoms with van der Waals surface area (Å²) in [6.45, 7) is 5.21. The van der Waals surface area contributed by atoms with Gasteiger partial charge in [-0.05, 0) is 31.4 Å². The first-order valence-electron chi connectivity index (χ1n) is 11.8. The zero-order valence-electron chi connectivity index (χ0n) is 18.8. The molecule has 1 aromatic carbocycles. The van der Waals surface area contributed by atoms with Crippen LogP contribution in [0.4, 0.5) is 0 Å². The van der Waals surface area contributed by atoms with Crippen molar-refractivity contribution in [2.24, 2.45) is 5.92 Å². The number of imide groups is 1. The minimum atomic E-state index is -0.249. The second-order valence-corrected chi connectivity index (χ2v) is 8.32. The highest BCUT2D eigenvalue weighted by Crippen LogP contribution is 2.23. The molecule has 1 unspecified atom stereocenters. The summed E-state index contributed by atoms with van der Waals surface area (Å²) in [7, 11) is 0. The molecule has 5 nitrogen and oxygen atoms in total. The fraction of sp³-hybridized carbons (Fsp3) is 0.640. The van der Waals surface area contributed by atoms with Gasteiger partial charge in [0.2, 0.25) is 5.91 Å². The highest BCUT2D eigenvalue weighted by molar-refractivity contribution is 6.21. The molecular weight excluding hydrogens is 376 g/mol. The third-order valence-electron chi connectivity index (χ3n) is 6.02. The van der Waals surface area contributed by atoms with Gasteiger partial charge in [0.15, 0.2) is 0 Å². The number of nitrogens with one attached hydrogen (secondary N) is 1. The predicted octanol–water partition coefficient (Wildman–Crippen LogP) is 5.35. The monoisotopic (exact) mass is 414 g/mol. The van der Waals surface area contributed by atoms with Gasteiger partial charge in [-0.15, -0.1) is 0 Å². The summed E-state index contributed by atoms with van der Waals surface area (Å²) < 4.78 is 0. The first-order valence-corrected chi connectivity index (χ1v) is 11.8. The van der Waals surface area contributed by atoms with Crippen molar-refractivity contribution in [3.05, 3.63) is 35.4 Å². The van der Waals surface area contributed by atoms with Crippen molar-refractivity contribution in [1.29, 1.82) is 0 Å². The number of rotatable bonds is 15. The Morgan fingerprint density at radius 2 is 1.40 bits per heavy atom. The largest absolute Gasteiger partial charge is 0.356 e. The molecule has 0 saturated carbocycles. The van der Waals surface area contributed by atoms with E-state index in [1.54, 1.807) is 24.3 Å². The Bertz CT molecular complexity index is 666. The summed E-state index contributed by atoms with van der Waals surface area (Å²) in [5, 5.41) is 3.04. The maximum absolute atomic E-state index is 12.5. The Labute approximate surface area is 181 Å². The molecule has 0 saturated heterocycles. The van der Waals surface area contributed by atoms with Crippen LogP contribution >= 0.6 is 0 Å². The standard InChI is InChI=1S/C25H38N2O3/c1-3-5-6-7-8-9-10-11-14-18-26-23(28)20(4-2)17-19-27-24(29)21-15-12-13-16-22(21)25(27)30/h12-13,15-16,20H,3-11,14,17-19H2,1-2H3,(H,26,28). The van der Waals surface area contributed by atoms with Gasteiger partial charge in [0, 0.05) is 19.0 Å². The van der Waals surface area contributed by atoms with Crippen molar-refractivity contribution < 1.29 is 14.4 Å². The SMILES string of the molecule is CCCCCCCCCCCNC(=O)C(CC)CCN1C(=O)c2ccccc2C1=O. The summed E-state index contributed by atoms with van der Waals surface area (Å²) in [5.74, 6) is -0.636. The summed E-state index contributed by atoms with van der Waals surface area (Å²) in [5.41, 5.74) is 0.927. The Morgan fingerprint density at radius 3 is 1.93 bits per heavy atom. The first-order chi connectivity index (χ1) is 14.6. The molecule has 0 spiro atoms. The molecule has 5 heteroatoms. The van der Waals surface area contributed by atoms with Crippen molar-refractivity contribution >= 4 is 17.7 Å². The van der Waals surface area contributed by atoms with Crippen LogP contribution in [0.15, 0.2) is 24.3 Å². The number of unbranched alkanes of at least 4 members (excludes halogenated alkanes) is 8. The molecule has 2 rings (SSSR count). The maximum Gasteiger partial charge on any atom is 0.261 e. The predicted molar refractivity (Wildman–Crippen MR) is 120 cm³/mol. The third-order valence-corrected chi connectivity index (χ3v) is 6.02. The van der Waals surface area contributed by atoms with E-state index in [0.29, 0.717) is 30.5 Å². The van der Waals surface area contributed by atoms with E-state index in [0.717, 1.165) is 12.8 Å². The number of fused-ring (bicyclic) bond motifs is 1. The molecule has 0 radical (unpaired) electrons. The number of benzene rings is 1. The first kappa shape index (κ1) is 24.1. The van der Waals surface area contributed by atoms with E-state index >= 15 is 0 Å². The van der Waals surface area contributed by atoms with Gasteiger partial charge in [0.05, 0.1) is 11.1 Å². The normalized spacial score (nSPS) is 14.1. The van der Waals surface area contributed by atoms with Crippen LogP contribution in [0.25, 0.3) is 0 Å². The smallest absolute Gasteiger partial charge is 0.261 e. The van der Waals surface area contributed by atoms with Crippen LogP contribution in [0.1, 0.15) is 105 Å². The van der Waals surface area contributed by atoms with Crippen molar-refractivity contribution in [2.75, 3.05) is 13.1 Å². The number of amides is 3. The van der Waals surface area contributed by atoms with Crippen LogP contribution in [-0.4, -0.2) is 35.7 Å². The average Bonchev–Trinajstić information content (AvgIpc) is 3.00. The molecule has 0 bridgehead atoms. The zero-order chi connectivity index (χ0) is 21.8. The van der Waals surface area contributed by atoms with E-state index in [1.807, 2.05) is 6.92 Å². The van der Waals surface area contributed by atoms with Gasteiger partial charge in [-0.25, -0.2) is 0 Å². The van der Waals surface area contributed by atoms with E-state index < -0.39 is 0 Å². The number of hydrogen-bond donors (Lipinski definition) is 1. The van der Waals surface area contributed by atoms with Crippen molar-refractivity contribution in [2.45, 2.75) is 84.5 Å². The second kappa shape index (κ2) is 13.2.